The van der Waals surface area contributed by atoms with Crippen LogP contribution in [0.3, 0.4) is 0 Å². The zero-order valence-electron chi connectivity index (χ0n) is 14.3. The van der Waals surface area contributed by atoms with Crippen molar-refractivity contribution in [2.24, 2.45) is 0 Å². The molecule has 4 heteroatoms. The molecule has 0 radical (unpaired) electrons. The van der Waals surface area contributed by atoms with E-state index in [1.165, 1.54) is 57.8 Å². The average Bonchev–Trinajstić information content (AvgIpc) is 2.98. The summed E-state index contributed by atoms with van der Waals surface area (Å²) in [4.78, 5) is 11.5. The second-order valence-corrected chi connectivity index (χ2v) is 5.93. The number of carbonyl (C=O) groups excluding carboxylic acids is 1. The largest absolute Gasteiger partial charge is 0.461 e. The Labute approximate surface area is 135 Å². The Morgan fingerprint density at radius 3 is 2.18 bits per heavy atom. The van der Waals surface area contributed by atoms with Gasteiger partial charge in [-0.05, 0) is 25.8 Å². The minimum absolute atomic E-state index is 0.340. The van der Waals surface area contributed by atoms with Crippen LogP contribution in [0.2, 0.25) is 0 Å². The molecule has 1 aromatic heterocycles. The van der Waals surface area contributed by atoms with Crippen LogP contribution in [0.5, 0.6) is 0 Å². The van der Waals surface area contributed by atoms with Gasteiger partial charge in [-0.1, -0.05) is 64.7 Å². The molecule has 0 atom stereocenters. The summed E-state index contributed by atoms with van der Waals surface area (Å²) in [6.07, 6.45) is 14.3. The fourth-order valence-corrected chi connectivity index (χ4v) is 2.60. The monoisotopic (exact) mass is 308 g/mol. The van der Waals surface area contributed by atoms with Crippen LogP contribution in [-0.2, 0) is 11.2 Å². The highest BCUT2D eigenvalue weighted by molar-refractivity contribution is 5.87. The van der Waals surface area contributed by atoms with Gasteiger partial charge < -0.3 is 4.74 Å². The molecule has 0 saturated heterocycles. The van der Waals surface area contributed by atoms with E-state index in [0.29, 0.717) is 12.3 Å². The molecule has 1 rings (SSSR count). The molecule has 1 N–H and O–H groups in total. The molecule has 0 saturated carbocycles. The number of rotatable bonds is 13. The van der Waals surface area contributed by atoms with Crippen molar-refractivity contribution in [1.82, 2.24) is 10.2 Å². The summed E-state index contributed by atoms with van der Waals surface area (Å²) >= 11 is 0. The van der Waals surface area contributed by atoms with Crippen LogP contribution in [0.1, 0.15) is 94.2 Å². The third-order valence-electron chi connectivity index (χ3n) is 3.92. The van der Waals surface area contributed by atoms with Crippen LogP contribution >= 0.6 is 0 Å². The molecular weight excluding hydrogens is 276 g/mol. The van der Waals surface area contributed by atoms with Gasteiger partial charge in [0, 0.05) is 5.69 Å². The molecule has 22 heavy (non-hydrogen) atoms. The molecule has 0 aliphatic heterocycles. The topological polar surface area (TPSA) is 55.0 Å². The molecule has 0 spiro atoms. The fraction of sp³-hybridized carbons (Fsp3) is 0.778. The Morgan fingerprint density at radius 2 is 1.59 bits per heavy atom. The molecule has 0 aromatic carbocycles. The Morgan fingerprint density at radius 1 is 1.00 bits per heavy atom. The smallest absolute Gasteiger partial charge is 0.358 e. The van der Waals surface area contributed by atoms with Crippen molar-refractivity contribution in [3.05, 3.63) is 17.5 Å². The van der Waals surface area contributed by atoms with Gasteiger partial charge in [-0.25, -0.2) is 4.79 Å². The fourth-order valence-electron chi connectivity index (χ4n) is 2.60. The normalized spacial score (nSPS) is 10.8. The maximum absolute atomic E-state index is 11.5. The van der Waals surface area contributed by atoms with Crippen LogP contribution in [-0.4, -0.2) is 22.8 Å². The molecule has 0 unspecified atom stereocenters. The number of aryl methyl sites for hydroxylation is 1. The van der Waals surface area contributed by atoms with Gasteiger partial charge in [0.2, 0.25) is 0 Å². The first-order valence-corrected chi connectivity index (χ1v) is 8.99. The van der Waals surface area contributed by atoms with Crippen molar-refractivity contribution in [2.45, 2.75) is 84.5 Å². The van der Waals surface area contributed by atoms with Gasteiger partial charge >= 0.3 is 5.97 Å². The molecule has 126 valence electrons. The Balaban J connectivity index is 2.00. The third kappa shape index (κ3) is 8.20. The van der Waals surface area contributed by atoms with Crippen molar-refractivity contribution in [3.63, 3.8) is 0 Å². The quantitative estimate of drug-likeness (QED) is 0.410. The van der Waals surface area contributed by atoms with E-state index in [2.05, 4.69) is 17.1 Å². The standard InChI is InChI=1S/C18H32N2O2/c1-3-5-6-7-8-9-10-11-12-13-14-16-15-17(20-19-16)18(21)22-4-2/h15H,3-14H2,1-2H3,(H,19,20). The van der Waals surface area contributed by atoms with Crippen molar-refractivity contribution in [2.75, 3.05) is 6.61 Å². The lowest BCUT2D eigenvalue weighted by Gasteiger charge is -2.01. The summed E-state index contributed by atoms with van der Waals surface area (Å²) in [6.45, 7) is 4.45. The second kappa shape index (κ2) is 12.2. The van der Waals surface area contributed by atoms with Crippen LogP contribution in [0.4, 0.5) is 0 Å². The molecule has 0 amide bonds. The predicted molar refractivity (Wildman–Crippen MR) is 90.1 cm³/mol. The molecule has 0 bridgehead atoms. The highest BCUT2D eigenvalue weighted by atomic mass is 16.5. The predicted octanol–water partition coefficient (Wildman–Crippen LogP) is 5.05. The lowest BCUT2D eigenvalue weighted by atomic mass is 10.1. The minimum atomic E-state index is -0.340. The van der Waals surface area contributed by atoms with Gasteiger partial charge in [-0.3, -0.25) is 5.10 Å². The summed E-state index contributed by atoms with van der Waals surface area (Å²) in [5.74, 6) is -0.340. The second-order valence-electron chi connectivity index (χ2n) is 5.93. The molecule has 0 fully saturated rings. The Bertz CT molecular complexity index is 402. The van der Waals surface area contributed by atoms with E-state index in [4.69, 9.17) is 4.74 Å². The molecule has 1 aromatic rings. The van der Waals surface area contributed by atoms with Crippen LogP contribution in [0.15, 0.2) is 6.07 Å². The molecule has 0 aliphatic rings. The molecule has 1 heterocycles. The maximum Gasteiger partial charge on any atom is 0.358 e. The number of nitrogens with zero attached hydrogens (tertiary/aromatic N) is 1. The number of ether oxygens (including phenoxy) is 1. The number of carbonyl (C=O) groups is 1. The van der Waals surface area contributed by atoms with Gasteiger partial charge in [0.25, 0.3) is 0 Å². The summed E-state index contributed by atoms with van der Waals surface area (Å²) in [5, 5.41) is 6.92. The minimum Gasteiger partial charge on any atom is -0.461 e. The maximum atomic E-state index is 11.5. The number of esters is 1. The van der Waals surface area contributed by atoms with Gasteiger partial charge in [-0.2, -0.15) is 5.10 Å². The highest BCUT2D eigenvalue weighted by Gasteiger charge is 2.10. The van der Waals surface area contributed by atoms with Crippen molar-refractivity contribution < 1.29 is 9.53 Å². The molecule has 4 nitrogen and oxygen atoms in total. The van der Waals surface area contributed by atoms with Crippen molar-refractivity contribution in [1.29, 1.82) is 0 Å². The number of aromatic nitrogens is 2. The Hall–Kier alpha value is -1.32. The van der Waals surface area contributed by atoms with E-state index in [9.17, 15) is 4.79 Å². The average molecular weight is 308 g/mol. The molecular formula is C18H32N2O2. The van der Waals surface area contributed by atoms with E-state index in [0.717, 1.165) is 18.5 Å². The van der Waals surface area contributed by atoms with Gasteiger partial charge in [0.1, 0.15) is 0 Å². The van der Waals surface area contributed by atoms with Gasteiger partial charge in [-0.15, -0.1) is 0 Å². The van der Waals surface area contributed by atoms with Crippen molar-refractivity contribution in [3.8, 4) is 0 Å². The third-order valence-corrected chi connectivity index (χ3v) is 3.92. The number of hydrogen-bond acceptors (Lipinski definition) is 3. The van der Waals surface area contributed by atoms with E-state index in [-0.39, 0.29) is 5.97 Å². The van der Waals surface area contributed by atoms with Gasteiger partial charge in [0.15, 0.2) is 5.69 Å². The van der Waals surface area contributed by atoms with E-state index >= 15 is 0 Å². The highest BCUT2D eigenvalue weighted by Crippen LogP contribution is 2.12. The zero-order valence-corrected chi connectivity index (χ0v) is 14.3. The van der Waals surface area contributed by atoms with E-state index < -0.39 is 0 Å². The first kappa shape index (κ1) is 18.7. The van der Waals surface area contributed by atoms with E-state index in [1.807, 2.05) is 6.07 Å². The van der Waals surface area contributed by atoms with E-state index in [1.54, 1.807) is 6.92 Å². The summed E-state index contributed by atoms with van der Waals surface area (Å²) in [7, 11) is 0. The molecule has 0 aliphatic carbocycles. The van der Waals surface area contributed by atoms with Crippen LogP contribution in [0, 0.1) is 0 Å². The van der Waals surface area contributed by atoms with Crippen LogP contribution in [0.25, 0.3) is 0 Å². The lowest BCUT2D eigenvalue weighted by molar-refractivity contribution is 0.0519. The first-order chi connectivity index (χ1) is 10.8. The first-order valence-electron chi connectivity index (χ1n) is 8.99. The Kier molecular flexibility index (Phi) is 10.4. The number of H-pyrrole nitrogens is 1. The summed E-state index contributed by atoms with van der Waals surface area (Å²) < 4.78 is 4.92. The lowest BCUT2D eigenvalue weighted by Crippen LogP contribution is -2.04. The zero-order chi connectivity index (χ0) is 16.0. The number of hydrogen-bond donors (Lipinski definition) is 1. The number of nitrogens with one attached hydrogen (secondary N) is 1. The SMILES string of the molecule is CCCCCCCCCCCCc1cc(C(=O)OCC)n[nH]1. The summed E-state index contributed by atoms with van der Waals surface area (Å²) in [6, 6.07) is 1.81. The van der Waals surface area contributed by atoms with Crippen molar-refractivity contribution >= 4 is 5.97 Å². The number of aromatic amines is 1. The summed E-state index contributed by atoms with van der Waals surface area (Å²) in [5.41, 5.74) is 1.42. The van der Waals surface area contributed by atoms with Crippen LogP contribution < -0.4 is 0 Å². The van der Waals surface area contributed by atoms with Gasteiger partial charge in [0.05, 0.1) is 6.61 Å². The number of unbranched alkanes of at least 4 members (excludes halogenated alkanes) is 9.